The molecule has 3 aromatic carbocycles. The molecule has 1 aliphatic carbocycles. The lowest BCUT2D eigenvalue weighted by Crippen LogP contribution is -2.53. The summed E-state index contributed by atoms with van der Waals surface area (Å²) in [6.07, 6.45) is 1.46. The van der Waals surface area contributed by atoms with Gasteiger partial charge < -0.3 is 32.2 Å². The van der Waals surface area contributed by atoms with Crippen molar-refractivity contribution in [2.45, 2.75) is 37.4 Å². The highest BCUT2D eigenvalue weighted by molar-refractivity contribution is 7.21. The van der Waals surface area contributed by atoms with Crippen LogP contribution >= 0.6 is 22.9 Å². The Morgan fingerprint density at radius 1 is 1.12 bits per heavy atom. The van der Waals surface area contributed by atoms with Crippen molar-refractivity contribution in [2.24, 2.45) is 11.5 Å². The van der Waals surface area contributed by atoms with E-state index in [9.17, 15) is 14.4 Å². The molecule has 6 rings (SSSR count). The molecule has 1 saturated heterocycles. The zero-order valence-electron chi connectivity index (χ0n) is 23.6. The summed E-state index contributed by atoms with van der Waals surface area (Å²) in [5, 5.41) is 3.68. The molecule has 0 bridgehead atoms. The number of alkyl halides is 1. The van der Waals surface area contributed by atoms with Gasteiger partial charge in [0.2, 0.25) is 5.91 Å². The summed E-state index contributed by atoms with van der Waals surface area (Å²) in [5.74, 6) is 0.233. The Morgan fingerprint density at radius 3 is 2.58 bits per heavy atom. The number of rotatable bonds is 6. The molecule has 43 heavy (non-hydrogen) atoms. The molecule has 1 aromatic heterocycles. The Bertz CT molecular complexity index is 1760. The second-order valence-electron chi connectivity index (χ2n) is 11.1. The van der Waals surface area contributed by atoms with E-state index < -0.39 is 17.4 Å². The van der Waals surface area contributed by atoms with E-state index in [-0.39, 0.29) is 23.7 Å². The van der Waals surface area contributed by atoms with E-state index in [1.807, 2.05) is 43.3 Å². The number of nitrogens with one attached hydrogen (secondary N) is 1. The summed E-state index contributed by atoms with van der Waals surface area (Å²) in [6, 6.07) is 16.9. The quantitative estimate of drug-likeness (QED) is 0.185. The maximum absolute atomic E-state index is 14.2. The van der Waals surface area contributed by atoms with Crippen LogP contribution in [0.3, 0.4) is 0 Å². The standard InChI is InChI=1S/C32H32ClN5O4S/c1-17-14-20(42-19-7-3-2-4-8-19)9-10-21(17)32(36)22-11-12-23(34)28-25(22)26(27(35)30(32)40)29(43-28)31(41)37-18-6-5-13-38(16-18)24(39)15-33/h2-4,7-12,14,18,27H,5-6,13,15-16,34-36H2,1H3,(H,37,41). The zero-order chi connectivity index (χ0) is 30.5. The minimum atomic E-state index is -1.58. The van der Waals surface area contributed by atoms with Crippen molar-refractivity contribution >= 4 is 56.3 Å². The van der Waals surface area contributed by atoms with Gasteiger partial charge >= 0.3 is 0 Å². The van der Waals surface area contributed by atoms with Gasteiger partial charge in [-0.1, -0.05) is 30.3 Å². The van der Waals surface area contributed by atoms with Gasteiger partial charge in [-0.3, -0.25) is 14.4 Å². The SMILES string of the molecule is Cc1cc(Oc2ccccc2)ccc1C1(N)C(=O)C(N)c2c(C(=O)NC3CCCN(C(=O)CCl)C3)sc3c(N)ccc1c23. The van der Waals surface area contributed by atoms with Crippen molar-refractivity contribution in [3.05, 3.63) is 87.8 Å². The van der Waals surface area contributed by atoms with Crippen LogP contribution in [0.1, 0.15) is 50.8 Å². The van der Waals surface area contributed by atoms with Gasteiger partial charge in [-0.05, 0) is 66.8 Å². The third-order valence-electron chi connectivity index (χ3n) is 8.34. The molecule has 1 aliphatic heterocycles. The van der Waals surface area contributed by atoms with Gasteiger partial charge in [-0.25, -0.2) is 0 Å². The molecule has 2 amide bonds. The molecule has 3 atom stereocenters. The number of halogens is 1. The largest absolute Gasteiger partial charge is 0.457 e. The smallest absolute Gasteiger partial charge is 0.262 e. The van der Waals surface area contributed by atoms with Gasteiger partial charge in [0.1, 0.15) is 22.9 Å². The summed E-state index contributed by atoms with van der Waals surface area (Å²) in [4.78, 5) is 42.0. The molecule has 1 fully saturated rings. The van der Waals surface area contributed by atoms with Crippen molar-refractivity contribution < 1.29 is 19.1 Å². The molecule has 0 saturated carbocycles. The lowest BCUT2D eigenvalue weighted by molar-refractivity contribution is -0.129. The number of thiophene rings is 1. The van der Waals surface area contributed by atoms with Gasteiger partial charge in [0.25, 0.3) is 5.91 Å². The van der Waals surface area contributed by atoms with Crippen LogP contribution in [0.2, 0.25) is 0 Å². The lowest BCUT2D eigenvalue weighted by atomic mass is 9.69. The molecular formula is C32H32ClN5O4S. The average molecular weight is 618 g/mol. The van der Waals surface area contributed by atoms with E-state index in [1.54, 1.807) is 29.2 Å². The monoisotopic (exact) mass is 617 g/mol. The first kappa shape index (κ1) is 29.1. The van der Waals surface area contributed by atoms with E-state index in [0.717, 1.165) is 12.0 Å². The van der Waals surface area contributed by atoms with Crippen molar-refractivity contribution in [1.82, 2.24) is 10.2 Å². The van der Waals surface area contributed by atoms with Crippen molar-refractivity contribution in [1.29, 1.82) is 0 Å². The molecule has 11 heteroatoms. The minimum Gasteiger partial charge on any atom is -0.457 e. The van der Waals surface area contributed by atoms with Gasteiger partial charge in [0, 0.05) is 35.8 Å². The predicted octanol–water partition coefficient (Wildman–Crippen LogP) is 4.33. The first-order valence-corrected chi connectivity index (χ1v) is 15.4. The van der Waals surface area contributed by atoms with Gasteiger partial charge in [0.05, 0.1) is 15.6 Å². The molecule has 0 radical (unpaired) electrons. The number of aryl methyl sites for hydroxylation is 1. The van der Waals surface area contributed by atoms with Crippen LogP contribution in [0.4, 0.5) is 5.69 Å². The first-order valence-electron chi connectivity index (χ1n) is 14.1. The van der Waals surface area contributed by atoms with Crippen LogP contribution in [0.5, 0.6) is 11.5 Å². The normalized spacial score (nSPS) is 21.6. The number of para-hydroxylation sites is 1. The number of anilines is 1. The number of nitrogen functional groups attached to an aromatic ring is 1. The van der Waals surface area contributed by atoms with Crippen molar-refractivity contribution in [3.63, 3.8) is 0 Å². The number of amides is 2. The highest BCUT2D eigenvalue weighted by atomic mass is 35.5. The number of ether oxygens (including phenoxy) is 1. The molecule has 9 nitrogen and oxygen atoms in total. The van der Waals surface area contributed by atoms with E-state index >= 15 is 0 Å². The van der Waals surface area contributed by atoms with E-state index in [4.69, 9.17) is 33.5 Å². The maximum atomic E-state index is 14.2. The van der Waals surface area contributed by atoms with Crippen LogP contribution in [-0.4, -0.2) is 47.5 Å². The minimum absolute atomic E-state index is 0.108. The number of piperidine rings is 1. The second-order valence-corrected chi connectivity index (χ2v) is 12.4. The average Bonchev–Trinajstić information content (AvgIpc) is 3.42. The topological polar surface area (TPSA) is 154 Å². The summed E-state index contributed by atoms with van der Waals surface area (Å²) in [7, 11) is 0. The van der Waals surface area contributed by atoms with E-state index in [1.165, 1.54) is 11.3 Å². The van der Waals surface area contributed by atoms with Gasteiger partial charge in [0.15, 0.2) is 5.78 Å². The highest BCUT2D eigenvalue weighted by Gasteiger charge is 2.49. The lowest BCUT2D eigenvalue weighted by Gasteiger charge is -2.37. The molecule has 2 aliphatic rings. The molecule has 222 valence electrons. The number of benzene rings is 3. The van der Waals surface area contributed by atoms with Gasteiger partial charge in [-0.2, -0.15) is 0 Å². The molecule has 0 spiro atoms. The first-order chi connectivity index (χ1) is 20.6. The second kappa shape index (κ2) is 11.3. The number of carbonyl (C=O) groups is 3. The highest BCUT2D eigenvalue weighted by Crippen LogP contribution is 2.50. The summed E-state index contributed by atoms with van der Waals surface area (Å²) >= 11 is 6.95. The number of nitrogens with two attached hydrogens (primary N) is 3. The summed E-state index contributed by atoms with van der Waals surface area (Å²) in [5.41, 5.74) is 21.3. The fourth-order valence-electron chi connectivity index (χ4n) is 6.25. The predicted molar refractivity (Wildman–Crippen MR) is 169 cm³/mol. The van der Waals surface area contributed by atoms with Crippen LogP contribution < -0.4 is 27.3 Å². The van der Waals surface area contributed by atoms with Crippen molar-refractivity contribution in [3.8, 4) is 11.5 Å². The molecular weight excluding hydrogens is 586 g/mol. The number of likely N-dealkylation sites (tertiary alicyclic amines) is 1. The summed E-state index contributed by atoms with van der Waals surface area (Å²) in [6.45, 7) is 2.84. The Labute approximate surface area is 257 Å². The van der Waals surface area contributed by atoms with E-state index in [0.29, 0.717) is 68.4 Å². The number of Topliss-reactive ketones (excluding diaryl/α,β-unsaturated/α-hetero) is 1. The fraction of sp³-hybridized carbons (Fsp3) is 0.281. The Balaban J connectivity index is 1.39. The Morgan fingerprint density at radius 2 is 1.86 bits per heavy atom. The molecule has 2 heterocycles. The Hall–Kier alpha value is -3.96. The maximum Gasteiger partial charge on any atom is 0.262 e. The molecule has 7 N–H and O–H groups in total. The van der Waals surface area contributed by atoms with Crippen molar-refractivity contribution in [2.75, 3.05) is 24.7 Å². The van der Waals surface area contributed by atoms with Crippen LogP contribution in [-0.2, 0) is 15.1 Å². The molecule has 4 aromatic rings. The number of nitrogens with zero attached hydrogens (tertiary/aromatic N) is 1. The number of ketones is 1. The van der Waals surface area contributed by atoms with Crippen LogP contribution in [0.25, 0.3) is 10.1 Å². The molecule has 3 unspecified atom stereocenters. The third kappa shape index (κ3) is 4.94. The van der Waals surface area contributed by atoms with Crippen LogP contribution in [0.15, 0.2) is 60.7 Å². The number of hydrogen-bond acceptors (Lipinski definition) is 8. The summed E-state index contributed by atoms with van der Waals surface area (Å²) < 4.78 is 6.64. The zero-order valence-corrected chi connectivity index (χ0v) is 25.1. The number of hydrogen-bond donors (Lipinski definition) is 4. The number of carbonyl (C=O) groups excluding carboxylic acids is 3. The Kier molecular flexibility index (Phi) is 7.64. The third-order valence-corrected chi connectivity index (χ3v) is 9.83. The van der Waals surface area contributed by atoms with Crippen LogP contribution in [0, 0.1) is 6.92 Å². The van der Waals surface area contributed by atoms with E-state index in [2.05, 4.69) is 5.32 Å². The fourth-order valence-corrected chi connectivity index (χ4v) is 7.62. The van der Waals surface area contributed by atoms with Gasteiger partial charge in [-0.15, -0.1) is 22.9 Å².